The summed E-state index contributed by atoms with van der Waals surface area (Å²) in [5.74, 6) is -1.57. The normalized spacial score (nSPS) is 13.8. The van der Waals surface area contributed by atoms with Gasteiger partial charge < -0.3 is 25.2 Å². The number of rotatable bonds is 17. The summed E-state index contributed by atoms with van der Waals surface area (Å²) in [6.45, 7) is 1.39. The highest BCUT2D eigenvalue weighted by Crippen LogP contribution is 2.18. The maximum absolute atomic E-state index is 10.4. The van der Waals surface area contributed by atoms with E-state index in [0.29, 0.717) is 12.8 Å². The van der Waals surface area contributed by atoms with Crippen molar-refractivity contribution in [2.45, 2.75) is 115 Å². The van der Waals surface area contributed by atoms with Crippen molar-refractivity contribution in [3.63, 3.8) is 0 Å². The van der Waals surface area contributed by atoms with E-state index in [1.807, 2.05) is 0 Å². The lowest BCUT2D eigenvalue weighted by Crippen LogP contribution is -2.30. The quantitative estimate of drug-likeness (QED) is 0.172. The zero-order chi connectivity index (χ0) is 19.0. The van der Waals surface area contributed by atoms with Crippen LogP contribution in [0, 0.1) is 0 Å². The number of hydrogen-bond acceptors (Lipinski definition) is 5. The second-order valence-corrected chi connectivity index (χ2v) is 7.16. The Balaban J connectivity index is 3.20. The number of hydrogen-bond donors (Lipinski definition) is 4. The summed E-state index contributed by atoms with van der Waals surface area (Å²) >= 11 is 0. The molecular weight excluding hydrogens is 324 g/mol. The summed E-state index contributed by atoms with van der Waals surface area (Å²) in [4.78, 5) is 10.4. The zero-order valence-corrected chi connectivity index (χ0v) is 15.8. The molecule has 0 amide bonds. The van der Waals surface area contributed by atoms with E-state index < -0.39 is 18.2 Å². The summed E-state index contributed by atoms with van der Waals surface area (Å²) in [5, 5.41) is 35.6. The van der Waals surface area contributed by atoms with Gasteiger partial charge >= 0.3 is 6.16 Å². The largest absolute Gasteiger partial charge is 0.508 e. The number of aliphatic hydroxyl groups excluding tert-OH is 1. The molecule has 0 heterocycles. The number of ether oxygens (including phenoxy) is 1. The summed E-state index contributed by atoms with van der Waals surface area (Å²) in [5.41, 5.74) is 0. The lowest BCUT2D eigenvalue weighted by Gasteiger charge is -2.21. The van der Waals surface area contributed by atoms with Gasteiger partial charge in [0.05, 0.1) is 0 Å². The van der Waals surface area contributed by atoms with Crippen LogP contribution in [0.4, 0.5) is 4.79 Å². The van der Waals surface area contributed by atoms with Gasteiger partial charge in [0.15, 0.2) is 6.29 Å². The third-order valence-corrected chi connectivity index (χ3v) is 4.41. The maximum Gasteiger partial charge on any atom is 0.508 e. The van der Waals surface area contributed by atoms with Gasteiger partial charge in [-0.25, -0.2) is 4.79 Å². The Hall–Kier alpha value is -0.850. The molecule has 1 atom stereocenters. The highest BCUT2D eigenvalue weighted by molar-refractivity contribution is 5.57. The van der Waals surface area contributed by atoms with Gasteiger partial charge in [-0.15, -0.1) is 0 Å². The van der Waals surface area contributed by atoms with E-state index in [2.05, 4.69) is 4.74 Å². The van der Waals surface area contributed by atoms with Crippen molar-refractivity contribution in [1.82, 2.24) is 0 Å². The van der Waals surface area contributed by atoms with Crippen LogP contribution in [0.2, 0.25) is 0 Å². The van der Waals surface area contributed by atoms with Crippen molar-refractivity contribution in [3.05, 3.63) is 0 Å². The molecule has 0 aliphatic heterocycles. The Kier molecular flexibility index (Phi) is 14.9. The van der Waals surface area contributed by atoms with Gasteiger partial charge in [-0.2, -0.15) is 0 Å². The first-order valence-electron chi connectivity index (χ1n) is 9.84. The molecule has 25 heavy (non-hydrogen) atoms. The topological polar surface area (TPSA) is 107 Å². The van der Waals surface area contributed by atoms with E-state index in [9.17, 15) is 9.90 Å². The van der Waals surface area contributed by atoms with Crippen LogP contribution in [0.15, 0.2) is 0 Å². The molecule has 4 N–H and O–H groups in total. The molecule has 6 heteroatoms. The lowest BCUT2D eigenvalue weighted by atomic mass is 10.0. The van der Waals surface area contributed by atoms with E-state index in [1.54, 1.807) is 0 Å². The van der Waals surface area contributed by atoms with Crippen molar-refractivity contribution in [1.29, 1.82) is 0 Å². The van der Waals surface area contributed by atoms with Crippen LogP contribution in [-0.4, -0.2) is 38.7 Å². The fourth-order valence-corrected chi connectivity index (χ4v) is 2.96. The van der Waals surface area contributed by atoms with Crippen LogP contribution < -0.4 is 0 Å². The predicted molar refractivity (Wildman–Crippen MR) is 97.2 cm³/mol. The Morgan fingerprint density at radius 1 is 0.800 bits per heavy atom. The molecule has 0 rings (SSSR count). The van der Waals surface area contributed by atoms with Gasteiger partial charge in [-0.05, 0) is 19.3 Å². The van der Waals surface area contributed by atoms with Crippen molar-refractivity contribution < 1.29 is 30.0 Å². The summed E-state index contributed by atoms with van der Waals surface area (Å²) in [6.07, 6.45) is 13.0. The molecule has 1 unspecified atom stereocenters. The van der Waals surface area contributed by atoms with E-state index in [1.165, 1.54) is 58.3 Å². The van der Waals surface area contributed by atoms with E-state index in [4.69, 9.17) is 15.3 Å². The molecule has 6 nitrogen and oxygen atoms in total. The van der Waals surface area contributed by atoms with E-state index >= 15 is 0 Å². The number of carbonyl (C=O) groups is 1. The first-order valence-corrected chi connectivity index (χ1v) is 9.84. The minimum atomic E-state index is -1.57. The molecule has 0 radical (unpaired) electrons. The zero-order valence-electron chi connectivity index (χ0n) is 15.8. The summed E-state index contributed by atoms with van der Waals surface area (Å²) < 4.78 is 4.41. The molecular formula is C19H38O6. The van der Waals surface area contributed by atoms with Crippen molar-refractivity contribution in [2.75, 3.05) is 0 Å². The number of carboxylic acid groups (broad SMARTS) is 1. The Morgan fingerprint density at radius 2 is 1.16 bits per heavy atom. The average Bonchev–Trinajstić information content (AvgIpc) is 2.49. The molecule has 0 fully saturated rings. The summed E-state index contributed by atoms with van der Waals surface area (Å²) in [6, 6.07) is 0. The molecule has 150 valence electrons. The molecule has 0 spiro atoms. The van der Waals surface area contributed by atoms with Crippen molar-refractivity contribution in [3.8, 4) is 0 Å². The van der Waals surface area contributed by atoms with E-state index in [0.717, 1.165) is 32.1 Å². The minimum absolute atomic E-state index is 0.344. The van der Waals surface area contributed by atoms with Crippen LogP contribution in [-0.2, 0) is 4.74 Å². The molecule has 0 aromatic carbocycles. The molecule has 0 saturated carbocycles. The smallest absolute Gasteiger partial charge is 0.450 e. The van der Waals surface area contributed by atoms with Gasteiger partial charge in [0.25, 0.3) is 0 Å². The third-order valence-electron chi connectivity index (χ3n) is 4.41. The molecule has 0 aliphatic rings. The van der Waals surface area contributed by atoms with Crippen LogP contribution in [0.25, 0.3) is 0 Å². The van der Waals surface area contributed by atoms with Gasteiger partial charge in [0, 0.05) is 13.3 Å². The SMILES string of the molecule is CC(O)(CCCCCCCCCCCCCCCC(O)O)OC(=O)O. The fourth-order valence-electron chi connectivity index (χ4n) is 2.96. The van der Waals surface area contributed by atoms with Crippen LogP contribution >= 0.6 is 0 Å². The standard InChI is InChI=1S/C19H38O6/c1-19(24,25-18(22)23)16-14-12-10-8-6-4-2-3-5-7-9-11-13-15-17(20)21/h17,20-21,24H,2-16H2,1H3,(H,22,23). The van der Waals surface area contributed by atoms with Gasteiger partial charge in [-0.3, -0.25) is 0 Å². The Morgan fingerprint density at radius 3 is 1.52 bits per heavy atom. The monoisotopic (exact) mass is 362 g/mol. The van der Waals surface area contributed by atoms with Gasteiger partial charge in [0.2, 0.25) is 5.79 Å². The third kappa shape index (κ3) is 19.3. The first kappa shape index (κ1) is 24.1. The Bertz CT molecular complexity index is 317. The van der Waals surface area contributed by atoms with Crippen molar-refractivity contribution >= 4 is 6.16 Å². The fraction of sp³-hybridized carbons (Fsp3) is 0.947. The van der Waals surface area contributed by atoms with E-state index in [-0.39, 0.29) is 0 Å². The van der Waals surface area contributed by atoms with Crippen LogP contribution in [0.1, 0.15) is 103 Å². The number of aliphatic hydroxyl groups is 3. The van der Waals surface area contributed by atoms with Crippen LogP contribution in [0.5, 0.6) is 0 Å². The Labute approximate surface area is 152 Å². The molecule has 0 saturated heterocycles. The number of unbranched alkanes of at least 4 members (excludes halogenated alkanes) is 12. The molecule has 0 aliphatic carbocycles. The molecule has 0 aromatic rings. The second-order valence-electron chi connectivity index (χ2n) is 7.16. The summed E-state index contributed by atoms with van der Waals surface area (Å²) in [7, 11) is 0. The first-order chi connectivity index (χ1) is 11.8. The average molecular weight is 363 g/mol. The van der Waals surface area contributed by atoms with Crippen molar-refractivity contribution in [2.24, 2.45) is 0 Å². The lowest BCUT2D eigenvalue weighted by molar-refractivity contribution is -0.163. The second kappa shape index (κ2) is 15.4. The molecule has 0 bridgehead atoms. The molecule has 0 aromatic heterocycles. The highest BCUT2D eigenvalue weighted by Gasteiger charge is 2.24. The highest BCUT2D eigenvalue weighted by atomic mass is 16.7. The minimum Gasteiger partial charge on any atom is -0.450 e. The maximum atomic E-state index is 10.4. The van der Waals surface area contributed by atoms with Crippen LogP contribution in [0.3, 0.4) is 0 Å². The van der Waals surface area contributed by atoms with Gasteiger partial charge in [0.1, 0.15) is 0 Å². The predicted octanol–water partition coefficient (Wildman–Crippen LogP) is 4.55. The van der Waals surface area contributed by atoms with Gasteiger partial charge in [-0.1, -0.05) is 70.6 Å².